The first-order chi connectivity index (χ1) is 6.45. The van der Waals surface area contributed by atoms with Gasteiger partial charge in [0.25, 0.3) is 0 Å². The molecule has 0 heterocycles. The van der Waals surface area contributed by atoms with Crippen LogP contribution in [-0.4, -0.2) is 26.7 Å². The van der Waals surface area contributed by atoms with Gasteiger partial charge in [-0.1, -0.05) is 0 Å². The molecule has 82 valence electrons. The zero-order valence-corrected chi connectivity index (χ0v) is 8.92. The largest absolute Gasteiger partial charge is 0.469 e. The Labute approximate surface area is 83.7 Å². The second-order valence-electron chi connectivity index (χ2n) is 3.59. The lowest BCUT2D eigenvalue weighted by Gasteiger charge is -2.25. The van der Waals surface area contributed by atoms with Gasteiger partial charge in [-0.15, -0.1) is 0 Å². The molecule has 0 spiro atoms. The van der Waals surface area contributed by atoms with E-state index in [-0.39, 0.29) is 11.9 Å². The fourth-order valence-corrected chi connectivity index (χ4v) is 2.72. The molecule has 0 aromatic heterocycles. The lowest BCUT2D eigenvalue weighted by Crippen LogP contribution is -2.34. The van der Waals surface area contributed by atoms with E-state index in [4.69, 9.17) is 5.14 Å². The van der Waals surface area contributed by atoms with E-state index in [9.17, 15) is 13.2 Å². The van der Waals surface area contributed by atoms with Crippen LogP contribution in [0.1, 0.15) is 25.7 Å². The number of rotatable bonds is 2. The van der Waals surface area contributed by atoms with Gasteiger partial charge < -0.3 is 4.74 Å². The summed E-state index contributed by atoms with van der Waals surface area (Å²) in [6.45, 7) is 0. The molecular weight excluding hydrogens is 206 g/mol. The van der Waals surface area contributed by atoms with Crippen LogP contribution in [0.3, 0.4) is 0 Å². The van der Waals surface area contributed by atoms with Crippen LogP contribution in [0.4, 0.5) is 0 Å². The molecule has 0 radical (unpaired) electrons. The van der Waals surface area contributed by atoms with Crippen LogP contribution in [0.25, 0.3) is 0 Å². The van der Waals surface area contributed by atoms with Crippen LogP contribution >= 0.6 is 0 Å². The summed E-state index contributed by atoms with van der Waals surface area (Å²) in [4.78, 5) is 11.1. The molecule has 0 unspecified atom stereocenters. The van der Waals surface area contributed by atoms with Crippen molar-refractivity contribution in [2.45, 2.75) is 30.9 Å². The number of hydrogen-bond acceptors (Lipinski definition) is 4. The van der Waals surface area contributed by atoms with Gasteiger partial charge in [0.2, 0.25) is 10.0 Å². The van der Waals surface area contributed by atoms with E-state index in [1.165, 1.54) is 7.11 Å². The number of carbonyl (C=O) groups excluding carboxylic acids is 1. The minimum Gasteiger partial charge on any atom is -0.469 e. The number of carbonyl (C=O) groups is 1. The molecule has 0 bridgehead atoms. The van der Waals surface area contributed by atoms with E-state index in [1.54, 1.807) is 0 Å². The van der Waals surface area contributed by atoms with E-state index in [2.05, 4.69) is 4.74 Å². The minimum absolute atomic E-state index is 0.155. The van der Waals surface area contributed by atoms with Gasteiger partial charge >= 0.3 is 5.97 Å². The van der Waals surface area contributed by atoms with Gasteiger partial charge in [0.1, 0.15) is 0 Å². The second-order valence-corrected chi connectivity index (χ2v) is 5.43. The summed E-state index contributed by atoms with van der Waals surface area (Å²) in [5.74, 6) is -0.407. The summed E-state index contributed by atoms with van der Waals surface area (Å²) >= 11 is 0. The maximum absolute atomic E-state index is 11.1. The van der Waals surface area contributed by atoms with Gasteiger partial charge in [-0.2, -0.15) is 0 Å². The minimum atomic E-state index is -3.43. The Hall–Kier alpha value is -0.620. The first-order valence-electron chi connectivity index (χ1n) is 4.54. The number of nitrogens with two attached hydrogens (primary N) is 1. The third kappa shape index (κ3) is 2.68. The number of ether oxygens (including phenoxy) is 1. The molecular formula is C8H15NO4S. The highest BCUT2D eigenvalue weighted by Crippen LogP contribution is 2.28. The third-order valence-corrected chi connectivity index (χ3v) is 4.07. The summed E-state index contributed by atoms with van der Waals surface area (Å²) < 4.78 is 26.6. The van der Waals surface area contributed by atoms with Crippen LogP contribution in [0.5, 0.6) is 0 Å². The zero-order chi connectivity index (χ0) is 10.8. The molecule has 2 N–H and O–H groups in total. The SMILES string of the molecule is COC(=O)C1CCC(S(N)(=O)=O)CC1. The van der Waals surface area contributed by atoms with E-state index >= 15 is 0 Å². The molecule has 14 heavy (non-hydrogen) atoms. The van der Waals surface area contributed by atoms with Crippen molar-refractivity contribution in [1.82, 2.24) is 0 Å². The number of hydrogen-bond donors (Lipinski definition) is 1. The maximum atomic E-state index is 11.1. The van der Waals surface area contributed by atoms with Gasteiger partial charge in [-0.25, -0.2) is 13.6 Å². The normalized spacial score (nSPS) is 28.4. The summed E-state index contributed by atoms with van der Waals surface area (Å²) in [6, 6.07) is 0. The van der Waals surface area contributed by atoms with Crippen molar-refractivity contribution in [2.75, 3.05) is 7.11 Å². The Morgan fingerprint density at radius 3 is 2.14 bits per heavy atom. The molecule has 0 atom stereocenters. The molecule has 0 aliphatic heterocycles. The van der Waals surface area contributed by atoms with E-state index in [1.807, 2.05) is 0 Å². The maximum Gasteiger partial charge on any atom is 0.308 e. The van der Waals surface area contributed by atoms with Crippen LogP contribution < -0.4 is 5.14 Å². The Morgan fingerprint density at radius 2 is 1.79 bits per heavy atom. The molecule has 1 saturated carbocycles. The van der Waals surface area contributed by atoms with Crippen molar-refractivity contribution in [1.29, 1.82) is 0 Å². The van der Waals surface area contributed by atoms with Crippen LogP contribution in [0, 0.1) is 5.92 Å². The molecule has 5 nitrogen and oxygen atoms in total. The summed E-state index contributed by atoms with van der Waals surface area (Å²) in [5, 5.41) is 4.54. The fourth-order valence-electron chi connectivity index (χ4n) is 1.79. The van der Waals surface area contributed by atoms with Crippen molar-refractivity contribution in [3.63, 3.8) is 0 Å². The van der Waals surface area contributed by atoms with Crippen LogP contribution in [0.15, 0.2) is 0 Å². The Balaban J connectivity index is 2.51. The van der Waals surface area contributed by atoms with Crippen molar-refractivity contribution in [3.05, 3.63) is 0 Å². The van der Waals surface area contributed by atoms with Gasteiger partial charge in [0.15, 0.2) is 0 Å². The van der Waals surface area contributed by atoms with Crippen molar-refractivity contribution in [3.8, 4) is 0 Å². The van der Waals surface area contributed by atoms with E-state index in [0.717, 1.165) is 0 Å². The Morgan fingerprint density at radius 1 is 1.29 bits per heavy atom. The highest BCUT2D eigenvalue weighted by Gasteiger charge is 2.31. The molecule has 0 aromatic carbocycles. The molecule has 0 amide bonds. The fraction of sp³-hybridized carbons (Fsp3) is 0.875. The molecule has 1 fully saturated rings. The van der Waals surface area contributed by atoms with Gasteiger partial charge in [0.05, 0.1) is 18.3 Å². The third-order valence-electron chi connectivity index (χ3n) is 2.67. The monoisotopic (exact) mass is 221 g/mol. The first-order valence-corrected chi connectivity index (χ1v) is 6.15. The second kappa shape index (κ2) is 4.27. The molecule has 1 aliphatic carbocycles. The van der Waals surface area contributed by atoms with Gasteiger partial charge in [-0.3, -0.25) is 4.79 Å². The smallest absolute Gasteiger partial charge is 0.308 e. The highest BCUT2D eigenvalue weighted by molar-refractivity contribution is 7.89. The molecule has 1 aliphatic rings. The quantitative estimate of drug-likeness (QED) is 0.665. The molecule has 0 aromatic rings. The average Bonchev–Trinajstić information content (AvgIpc) is 2.15. The number of methoxy groups -OCH3 is 1. The van der Waals surface area contributed by atoms with Crippen molar-refractivity contribution >= 4 is 16.0 Å². The molecule has 6 heteroatoms. The first kappa shape index (κ1) is 11.5. The zero-order valence-electron chi connectivity index (χ0n) is 8.10. The Kier molecular flexibility index (Phi) is 3.49. The van der Waals surface area contributed by atoms with Gasteiger partial charge in [-0.05, 0) is 25.7 Å². The number of primary sulfonamides is 1. The number of sulfonamides is 1. The molecule has 0 saturated heterocycles. The highest BCUT2D eigenvalue weighted by atomic mass is 32.2. The van der Waals surface area contributed by atoms with Crippen molar-refractivity contribution < 1.29 is 17.9 Å². The van der Waals surface area contributed by atoms with Crippen LogP contribution in [-0.2, 0) is 19.6 Å². The lowest BCUT2D eigenvalue weighted by molar-refractivity contribution is -0.146. The van der Waals surface area contributed by atoms with E-state index < -0.39 is 15.3 Å². The Bertz CT molecular complexity index is 303. The predicted molar refractivity (Wildman–Crippen MR) is 50.9 cm³/mol. The summed E-state index contributed by atoms with van der Waals surface area (Å²) in [7, 11) is -2.09. The lowest BCUT2D eigenvalue weighted by atomic mass is 9.89. The standard InChI is InChI=1S/C8H15NO4S/c1-13-8(10)6-2-4-7(5-3-6)14(9,11)12/h6-7H,2-5H2,1H3,(H2,9,11,12). The van der Waals surface area contributed by atoms with Crippen LogP contribution in [0.2, 0.25) is 0 Å². The topological polar surface area (TPSA) is 86.5 Å². The number of esters is 1. The summed E-state index contributed by atoms with van der Waals surface area (Å²) in [6.07, 6.45) is 2.01. The summed E-state index contributed by atoms with van der Waals surface area (Å²) in [5.41, 5.74) is 0. The predicted octanol–water partition coefficient (Wildman–Crippen LogP) is 0.00670. The molecule has 1 rings (SSSR count). The van der Waals surface area contributed by atoms with Gasteiger partial charge in [0, 0.05) is 0 Å². The van der Waals surface area contributed by atoms with E-state index in [0.29, 0.717) is 25.7 Å². The average molecular weight is 221 g/mol. The van der Waals surface area contributed by atoms with Crippen molar-refractivity contribution in [2.24, 2.45) is 11.1 Å².